The summed E-state index contributed by atoms with van der Waals surface area (Å²) < 4.78 is 0. The molecule has 3 N–H and O–H groups in total. The standard InChI is InChI=1S/C12H18O.C9H8O4/c1-2-3-4-5-6-11-7-9-12(13)10-8-11;1-5-2-3-6(8(10)11)4-7(5)9(12)13/h7-10,13H,2-6H2,1H3;2-4H,1H3,(H,10,11)(H,12,13). The number of carboxylic acids is 2. The van der Waals surface area contributed by atoms with Gasteiger partial charge in [-0.2, -0.15) is 0 Å². The molecule has 0 saturated carbocycles. The van der Waals surface area contributed by atoms with E-state index in [-0.39, 0.29) is 11.1 Å². The van der Waals surface area contributed by atoms with Gasteiger partial charge < -0.3 is 15.3 Å². The van der Waals surface area contributed by atoms with Gasteiger partial charge in [-0.3, -0.25) is 0 Å². The molecule has 140 valence electrons. The zero-order valence-corrected chi connectivity index (χ0v) is 15.2. The molecule has 0 amide bonds. The number of unbranched alkanes of at least 4 members (excludes halogenated alkanes) is 3. The average molecular weight is 358 g/mol. The van der Waals surface area contributed by atoms with Crippen LogP contribution in [0.4, 0.5) is 0 Å². The van der Waals surface area contributed by atoms with E-state index < -0.39 is 11.9 Å². The van der Waals surface area contributed by atoms with Gasteiger partial charge in [0.2, 0.25) is 0 Å². The number of phenols is 1. The molecule has 0 atom stereocenters. The van der Waals surface area contributed by atoms with Crippen LogP contribution in [0.25, 0.3) is 0 Å². The first-order valence-corrected chi connectivity index (χ1v) is 8.70. The van der Waals surface area contributed by atoms with Crippen molar-refractivity contribution in [2.24, 2.45) is 0 Å². The van der Waals surface area contributed by atoms with Crippen LogP contribution in [-0.2, 0) is 6.42 Å². The molecule has 0 bridgehead atoms. The Morgan fingerprint density at radius 1 is 0.885 bits per heavy atom. The van der Waals surface area contributed by atoms with E-state index in [0.717, 1.165) is 12.5 Å². The number of benzene rings is 2. The molecule has 0 aliphatic heterocycles. The van der Waals surface area contributed by atoms with Crippen molar-refractivity contribution >= 4 is 11.9 Å². The molecule has 2 aromatic carbocycles. The van der Waals surface area contributed by atoms with E-state index in [0.29, 0.717) is 11.3 Å². The predicted octanol–water partition coefficient (Wildman–Crippen LogP) is 4.91. The van der Waals surface area contributed by atoms with Crippen molar-refractivity contribution in [1.29, 1.82) is 0 Å². The Kier molecular flexibility index (Phi) is 8.92. The van der Waals surface area contributed by atoms with Gasteiger partial charge in [0, 0.05) is 0 Å². The number of carbonyl (C=O) groups is 2. The van der Waals surface area contributed by atoms with Crippen LogP contribution in [0.2, 0.25) is 0 Å². The first-order valence-electron chi connectivity index (χ1n) is 8.70. The van der Waals surface area contributed by atoms with Crippen LogP contribution in [0.1, 0.15) is 64.4 Å². The fraction of sp³-hybridized carbons (Fsp3) is 0.333. The number of aryl methyl sites for hydroxylation is 2. The van der Waals surface area contributed by atoms with E-state index >= 15 is 0 Å². The van der Waals surface area contributed by atoms with Crippen molar-refractivity contribution in [3.8, 4) is 5.75 Å². The summed E-state index contributed by atoms with van der Waals surface area (Å²) in [5.41, 5.74) is 1.90. The number of aromatic hydroxyl groups is 1. The quantitative estimate of drug-likeness (QED) is 0.612. The Balaban J connectivity index is 0.000000260. The van der Waals surface area contributed by atoms with E-state index in [2.05, 4.69) is 6.92 Å². The summed E-state index contributed by atoms with van der Waals surface area (Å²) in [5.74, 6) is -1.87. The van der Waals surface area contributed by atoms with Gasteiger partial charge in [-0.05, 0) is 55.2 Å². The van der Waals surface area contributed by atoms with Crippen LogP contribution in [0, 0.1) is 6.92 Å². The molecule has 0 saturated heterocycles. The summed E-state index contributed by atoms with van der Waals surface area (Å²) in [5, 5.41) is 26.3. The minimum Gasteiger partial charge on any atom is -0.508 e. The molecule has 2 rings (SSSR count). The third kappa shape index (κ3) is 7.38. The van der Waals surface area contributed by atoms with Gasteiger partial charge in [-0.25, -0.2) is 9.59 Å². The molecule has 0 heterocycles. The highest BCUT2D eigenvalue weighted by Gasteiger charge is 2.10. The minimum atomic E-state index is -1.12. The molecular formula is C21H26O5. The molecule has 26 heavy (non-hydrogen) atoms. The van der Waals surface area contributed by atoms with Gasteiger partial charge in [0.05, 0.1) is 11.1 Å². The van der Waals surface area contributed by atoms with E-state index in [1.807, 2.05) is 12.1 Å². The molecule has 2 aromatic rings. The molecule has 0 spiro atoms. The van der Waals surface area contributed by atoms with Crippen molar-refractivity contribution in [3.63, 3.8) is 0 Å². The monoisotopic (exact) mass is 358 g/mol. The maximum absolute atomic E-state index is 10.6. The number of phenolic OH excluding ortho intramolecular Hbond substituents is 1. The lowest BCUT2D eigenvalue weighted by Crippen LogP contribution is -2.03. The fourth-order valence-corrected chi connectivity index (χ4v) is 2.40. The lowest BCUT2D eigenvalue weighted by molar-refractivity contribution is 0.0695. The highest BCUT2D eigenvalue weighted by Crippen LogP contribution is 2.13. The van der Waals surface area contributed by atoms with E-state index in [9.17, 15) is 9.59 Å². The lowest BCUT2D eigenvalue weighted by Gasteiger charge is -2.01. The van der Waals surface area contributed by atoms with Crippen LogP contribution in [-0.4, -0.2) is 27.3 Å². The highest BCUT2D eigenvalue weighted by atomic mass is 16.4. The number of rotatable bonds is 7. The van der Waals surface area contributed by atoms with Gasteiger partial charge in [-0.1, -0.05) is 44.4 Å². The second kappa shape index (κ2) is 10.9. The van der Waals surface area contributed by atoms with Crippen LogP contribution in [0.15, 0.2) is 42.5 Å². The first kappa shape index (κ1) is 21.2. The summed E-state index contributed by atoms with van der Waals surface area (Å²) >= 11 is 0. The second-order valence-corrected chi connectivity index (χ2v) is 6.12. The van der Waals surface area contributed by atoms with Gasteiger partial charge in [0.1, 0.15) is 5.75 Å². The normalized spacial score (nSPS) is 9.92. The zero-order valence-electron chi connectivity index (χ0n) is 15.2. The Morgan fingerprint density at radius 3 is 2.08 bits per heavy atom. The van der Waals surface area contributed by atoms with Crippen LogP contribution in [0.5, 0.6) is 5.75 Å². The molecule has 0 aromatic heterocycles. The first-order chi connectivity index (χ1) is 12.3. The Labute approximate surface area is 153 Å². The van der Waals surface area contributed by atoms with E-state index in [1.165, 1.54) is 43.4 Å². The maximum Gasteiger partial charge on any atom is 0.335 e. The molecule has 5 heteroatoms. The van der Waals surface area contributed by atoms with Crippen molar-refractivity contribution < 1.29 is 24.9 Å². The summed E-state index contributed by atoms with van der Waals surface area (Å²) in [6.45, 7) is 3.84. The van der Waals surface area contributed by atoms with Gasteiger partial charge >= 0.3 is 11.9 Å². The number of hydrogen-bond donors (Lipinski definition) is 3. The van der Waals surface area contributed by atoms with Gasteiger partial charge in [0.15, 0.2) is 0 Å². The largest absolute Gasteiger partial charge is 0.508 e. The lowest BCUT2D eigenvalue weighted by atomic mass is 10.1. The Bertz CT molecular complexity index is 720. The molecule has 0 radical (unpaired) electrons. The van der Waals surface area contributed by atoms with E-state index in [4.69, 9.17) is 15.3 Å². The smallest absolute Gasteiger partial charge is 0.335 e. The second-order valence-electron chi connectivity index (χ2n) is 6.12. The molecular weight excluding hydrogens is 332 g/mol. The number of hydrogen-bond acceptors (Lipinski definition) is 3. The zero-order chi connectivity index (χ0) is 19.5. The summed E-state index contributed by atoms with van der Waals surface area (Å²) in [6.07, 6.45) is 6.34. The molecule has 0 aliphatic carbocycles. The van der Waals surface area contributed by atoms with Crippen molar-refractivity contribution in [2.45, 2.75) is 46.0 Å². The van der Waals surface area contributed by atoms with Crippen molar-refractivity contribution in [1.82, 2.24) is 0 Å². The average Bonchev–Trinajstić information content (AvgIpc) is 2.61. The molecule has 0 aliphatic rings. The van der Waals surface area contributed by atoms with E-state index in [1.54, 1.807) is 19.1 Å². The topological polar surface area (TPSA) is 94.8 Å². The third-order valence-electron chi connectivity index (χ3n) is 3.97. The van der Waals surface area contributed by atoms with Gasteiger partial charge in [-0.15, -0.1) is 0 Å². The molecule has 5 nitrogen and oxygen atoms in total. The summed E-state index contributed by atoms with van der Waals surface area (Å²) in [6, 6.07) is 11.5. The minimum absolute atomic E-state index is 0.0111. The SMILES string of the molecule is CCCCCCc1ccc(O)cc1.Cc1ccc(C(=O)O)cc1C(=O)O. The Hall–Kier alpha value is -2.82. The van der Waals surface area contributed by atoms with Gasteiger partial charge in [0.25, 0.3) is 0 Å². The number of carboxylic acid groups (broad SMARTS) is 2. The highest BCUT2D eigenvalue weighted by molar-refractivity contribution is 5.94. The van der Waals surface area contributed by atoms with Crippen LogP contribution in [0.3, 0.4) is 0 Å². The third-order valence-corrected chi connectivity index (χ3v) is 3.97. The molecule has 0 fully saturated rings. The van der Waals surface area contributed by atoms with Crippen LogP contribution >= 0.6 is 0 Å². The summed E-state index contributed by atoms with van der Waals surface area (Å²) in [7, 11) is 0. The molecule has 0 unspecified atom stereocenters. The summed E-state index contributed by atoms with van der Waals surface area (Å²) in [4.78, 5) is 21.1. The van der Waals surface area contributed by atoms with Crippen molar-refractivity contribution in [2.75, 3.05) is 0 Å². The fourth-order valence-electron chi connectivity index (χ4n) is 2.40. The van der Waals surface area contributed by atoms with Crippen molar-refractivity contribution in [3.05, 3.63) is 64.7 Å². The van der Waals surface area contributed by atoms with Crippen LogP contribution < -0.4 is 0 Å². The predicted molar refractivity (Wildman–Crippen MR) is 101 cm³/mol. The Morgan fingerprint density at radius 2 is 1.54 bits per heavy atom. The number of aromatic carboxylic acids is 2. The maximum atomic E-state index is 10.6.